The number of anilines is 1. The second-order valence-electron chi connectivity index (χ2n) is 8.55. The first kappa shape index (κ1) is 26.0. The Bertz CT molecular complexity index is 1450. The van der Waals surface area contributed by atoms with Gasteiger partial charge in [0.1, 0.15) is 0 Å². The van der Waals surface area contributed by atoms with Gasteiger partial charge < -0.3 is 4.74 Å². The fourth-order valence-electron chi connectivity index (χ4n) is 3.99. The number of benzene rings is 3. The van der Waals surface area contributed by atoms with Gasteiger partial charge in [0.05, 0.1) is 28.7 Å². The fourth-order valence-corrected chi connectivity index (χ4v) is 6.87. The molecule has 3 aromatic carbocycles. The standard InChI is InChI=1S/C26H28N2O6S2/c1-20-8-9-21(19-26(20)36(32,33)28-14-16-34-17-15-28)18-25(29)22-10-12-24(13-11-22)35(30,31)27(2)23-6-4-3-5-7-23/h3-13,19H,14-18H2,1-2H3. The van der Waals surface area contributed by atoms with E-state index in [1.807, 2.05) is 0 Å². The van der Waals surface area contributed by atoms with Crippen molar-refractivity contribution in [2.45, 2.75) is 23.1 Å². The number of carbonyl (C=O) groups is 1. The van der Waals surface area contributed by atoms with Crippen LogP contribution in [0.4, 0.5) is 5.69 Å². The third kappa shape index (κ3) is 5.36. The third-order valence-corrected chi connectivity index (χ3v) is 10.0. The second-order valence-corrected chi connectivity index (χ2v) is 12.4. The van der Waals surface area contributed by atoms with Crippen molar-refractivity contribution in [3.05, 3.63) is 89.5 Å². The van der Waals surface area contributed by atoms with Gasteiger partial charge in [0.15, 0.2) is 5.78 Å². The van der Waals surface area contributed by atoms with Gasteiger partial charge in [-0.2, -0.15) is 4.31 Å². The predicted molar refractivity (Wildman–Crippen MR) is 137 cm³/mol. The molecule has 0 bridgehead atoms. The Kier molecular flexibility index (Phi) is 7.60. The third-order valence-electron chi connectivity index (χ3n) is 6.16. The highest BCUT2D eigenvalue weighted by molar-refractivity contribution is 7.92. The predicted octanol–water partition coefficient (Wildman–Crippen LogP) is 3.27. The highest BCUT2D eigenvalue weighted by Gasteiger charge is 2.28. The average molecular weight is 529 g/mol. The summed E-state index contributed by atoms with van der Waals surface area (Å²) in [5.74, 6) is -0.242. The molecule has 1 aliphatic rings. The lowest BCUT2D eigenvalue weighted by atomic mass is 10.0. The molecule has 0 aliphatic carbocycles. The first-order chi connectivity index (χ1) is 17.1. The topological polar surface area (TPSA) is 101 Å². The SMILES string of the molecule is Cc1ccc(CC(=O)c2ccc(S(=O)(=O)N(C)c3ccccc3)cc2)cc1S(=O)(=O)N1CCOCC1. The Morgan fingerprint density at radius 3 is 2.19 bits per heavy atom. The second kappa shape index (κ2) is 10.5. The number of hydrogen-bond donors (Lipinski definition) is 0. The number of ether oxygens (including phenoxy) is 1. The molecule has 3 aromatic rings. The van der Waals surface area contributed by atoms with Crippen LogP contribution in [0.2, 0.25) is 0 Å². The molecule has 0 spiro atoms. The van der Waals surface area contributed by atoms with E-state index < -0.39 is 20.0 Å². The van der Waals surface area contributed by atoms with Gasteiger partial charge in [0, 0.05) is 32.1 Å². The Labute approximate surface area is 212 Å². The van der Waals surface area contributed by atoms with E-state index in [1.165, 1.54) is 39.9 Å². The van der Waals surface area contributed by atoms with Gasteiger partial charge in [-0.05, 0) is 48.4 Å². The van der Waals surface area contributed by atoms with E-state index in [1.54, 1.807) is 55.5 Å². The smallest absolute Gasteiger partial charge is 0.264 e. The van der Waals surface area contributed by atoms with Gasteiger partial charge in [-0.1, -0.05) is 42.5 Å². The number of sulfonamides is 2. The summed E-state index contributed by atoms with van der Waals surface area (Å²) in [4.78, 5) is 13.2. The monoisotopic (exact) mass is 528 g/mol. The molecule has 0 saturated carbocycles. The van der Waals surface area contributed by atoms with E-state index in [0.717, 1.165) is 0 Å². The summed E-state index contributed by atoms with van der Waals surface area (Å²) in [6.45, 7) is 3.01. The lowest BCUT2D eigenvalue weighted by molar-refractivity contribution is 0.0730. The Morgan fingerprint density at radius 2 is 1.56 bits per heavy atom. The van der Waals surface area contributed by atoms with Crippen LogP contribution in [-0.2, 0) is 31.2 Å². The zero-order chi connectivity index (χ0) is 25.9. The number of nitrogens with zero attached hydrogens (tertiary/aromatic N) is 2. The lowest BCUT2D eigenvalue weighted by Gasteiger charge is -2.26. The van der Waals surface area contributed by atoms with Crippen LogP contribution in [0.25, 0.3) is 0 Å². The molecule has 1 heterocycles. The van der Waals surface area contributed by atoms with E-state index in [-0.39, 0.29) is 22.0 Å². The van der Waals surface area contributed by atoms with E-state index in [9.17, 15) is 21.6 Å². The number of rotatable bonds is 8. The van der Waals surface area contributed by atoms with Gasteiger partial charge in [-0.15, -0.1) is 0 Å². The van der Waals surface area contributed by atoms with Crippen molar-refractivity contribution in [2.24, 2.45) is 0 Å². The number of aryl methyl sites for hydroxylation is 1. The van der Waals surface area contributed by atoms with Crippen molar-refractivity contribution < 1.29 is 26.4 Å². The summed E-state index contributed by atoms with van der Waals surface area (Å²) < 4.78 is 60.0. The van der Waals surface area contributed by atoms with Crippen LogP contribution in [0.3, 0.4) is 0 Å². The Hall–Kier alpha value is -3.05. The summed E-state index contributed by atoms with van der Waals surface area (Å²) in [5, 5.41) is 0. The average Bonchev–Trinajstić information content (AvgIpc) is 2.90. The number of carbonyl (C=O) groups excluding carboxylic acids is 1. The highest BCUT2D eigenvalue weighted by atomic mass is 32.2. The maximum atomic E-state index is 13.1. The number of Topliss-reactive ketones (excluding diaryl/α,β-unsaturated/α-hetero) is 1. The van der Waals surface area contributed by atoms with E-state index in [4.69, 9.17) is 4.74 Å². The molecular weight excluding hydrogens is 500 g/mol. The molecule has 0 unspecified atom stereocenters. The van der Waals surface area contributed by atoms with Gasteiger partial charge in [-0.3, -0.25) is 9.10 Å². The van der Waals surface area contributed by atoms with Crippen LogP contribution in [0, 0.1) is 6.92 Å². The van der Waals surface area contributed by atoms with Crippen LogP contribution in [0.5, 0.6) is 0 Å². The summed E-state index contributed by atoms with van der Waals surface area (Å²) >= 11 is 0. The Balaban J connectivity index is 1.52. The first-order valence-electron chi connectivity index (χ1n) is 11.5. The van der Waals surface area contributed by atoms with Gasteiger partial charge in [-0.25, -0.2) is 16.8 Å². The van der Waals surface area contributed by atoms with E-state index >= 15 is 0 Å². The van der Waals surface area contributed by atoms with Crippen LogP contribution < -0.4 is 4.31 Å². The van der Waals surface area contributed by atoms with Crippen LogP contribution >= 0.6 is 0 Å². The van der Waals surface area contributed by atoms with Crippen molar-refractivity contribution in [2.75, 3.05) is 37.7 Å². The molecule has 0 radical (unpaired) electrons. The van der Waals surface area contributed by atoms with Crippen LogP contribution in [0.1, 0.15) is 21.5 Å². The number of ketones is 1. The normalized spacial score (nSPS) is 14.9. The summed E-state index contributed by atoms with van der Waals surface area (Å²) in [5.41, 5.74) is 2.04. The number of morpholine rings is 1. The minimum atomic E-state index is -3.79. The highest BCUT2D eigenvalue weighted by Crippen LogP contribution is 2.24. The molecule has 1 saturated heterocycles. The molecule has 10 heteroatoms. The molecule has 0 aromatic heterocycles. The van der Waals surface area contributed by atoms with Crippen molar-refractivity contribution in [3.8, 4) is 0 Å². The lowest BCUT2D eigenvalue weighted by Crippen LogP contribution is -2.40. The molecule has 0 atom stereocenters. The summed E-state index contributed by atoms with van der Waals surface area (Å²) in [7, 11) is -6.01. The minimum absolute atomic E-state index is 0.0120. The van der Waals surface area contributed by atoms with Crippen LogP contribution in [0.15, 0.2) is 82.6 Å². The number of hydrogen-bond acceptors (Lipinski definition) is 6. The molecule has 1 fully saturated rings. The van der Waals surface area contributed by atoms with E-state index in [0.29, 0.717) is 48.7 Å². The molecule has 4 rings (SSSR count). The fraction of sp³-hybridized carbons (Fsp3) is 0.269. The van der Waals surface area contributed by atoms with Crippen molar-refractivity contribution in [3.63, 3.8) is 0 Å². The zero-order valence-electron chi connectivity index (χ0n) is 20.1. The van der Waals surface area contributed by atoms with E-state index in [2.05, 4.69) is 0 Å². The van der Waals surface area contributed by atoms with Gasteiger partial charge in [0.2, 0.25) is 10.0 Å². The quantitative estimate of drug-likeness (QED) is 0.416. The van der Waals surface area contributed by atoms with Gasteiger partial charge >= 0.3 is 0 Å². The van der Waals surface area contributed by atoms with Gasteiger partial charge in [0.25, 0.3) is 10.0 Å². The summed E-state index contributed by atoms with van der Waals surface area (Å²) in [6.07, 6.45) is -0.0120. The van der Waals surface area contributed by atoms with Crippen molar-refractivity contribution >= 4 is 31.5 Å². The minimum Gasteiger partial charge on any atom is -0.379 e. The largest absolute Gasteiger partial charge is 0.379 e. The molecule has 190 valence electrons. The molecule has 1 aliphatic heterocycles. The summed E-state index contributed by atoms with van der Waals surface area (Å²) in [6, 6.07) is 19.5. The first-order valence-corrected chi connectivity index (χ1v) is 14.3. The van der Waals surface area contributed by atoms with Crippen molar-refractivity contribution in [1.29, 1.82) is 0 Å². The number of para-hydroxylation sites is 1. The zero-order valence-corrected chi connectivity index (χ0v) is 21.8. The van der Waals surface area contributed by atoms with Crippen LogP contribution in [-0.4, -0.2) is 60.3 Å². The molecule has 36 heavy (non-hydrogen) atoms. The maximum Gasteiger partial charge on any atom is 0.264 e. The molecule has 8 nitrogen and oxygen atoms in total. The molecule has 0 amide bonds. The molecular formula is C26H28N2O6S2. The van der Waals surface area contributed by atoms with Crippen molar-refractivity contribution in [1.82, 2.24) is 4.31 Å². The maximum absolute atomic E-state index is 13.1. The molecule has 0 N–H and O–H groups in total. The Morgan fingerprint density at radius 1 is 0.917 bits per heavy atom.